The molecule has 30 heavy (non-hydrogen) atoms. The Morgan fingerprint density at radius 3 is 2.60 bits per heavy atom. The number of para-hydroxylation sites is 1. The van der Waals surface area contributed by atoms with E-state index in [1.807, 2.05) is 6.92 Å². The average molecular weight is 413 g/mol. The molecule has 1 heterocycles. The first-order chi connectivity index (χ1) is 14.6. The normalized spacial score (nSPS) is 12.4. The van der Waals surface area contributed by atoms with Gasteiger partial charge in [0.25, 0.3) is 5.91 Å². The molecule has 2 aromatic rings. The van der Waals surface area contributed by atoms with Crippen molar-refractivity contribution in [3.8, 4) is 17.2 Å². The van der Waals surface area contributed by atoms with Crippen molar-refractivity contribution >= 4 is 17.7 Å². The molecule has 3 rings (SSSR count). The number of hydrogen-bond donors (Lipinski definition) is 1. The molecule has 1 amide bonds. The summed E-state index contributed by atoms with van der Waals surface area (Å²) in [5, 5.41) is 2.47. The molecule has 1 aliphatic rings. The fourth-order valence-electron chi connectivity index (χ4n) is 2.80. The summed E-state index contributed by atoms with van der Waals surface area (Å²) in [5.74, 6) is -0.0753. The monoisotopic (exact) mass is 413 g/mol. The number of fused-ring (bicyclic) bond motifs is 1. The number of ketones is 1. The predicted octanol–water partition coefficient (Wildman–Crippen LogP) is 2.40. The Morgan fingerprint density at radius 2 is 1.80 bits per heavy atom. The van der Waals surface area contributed by atoms with E-state index >= 15 is 0 Å². The minimum Gasteiger partial charge on any atom is -0.493 e. The van der Waals surface area contributed by atoms with Gasteiger partial charge in [-0.2, -0.15) is 0 Å². The summed E-state index contributed by atoms with van der Waals surface area (Å²) in [5.41, 5.74) is 0.664. The first-order valence-corrected chi connectivity index (χ1v) is 9.67. The van der Waals surface area contributed by atoms with Crippen LogP contribution in [0.15, 0.2) is 42.5 Å². The number of esters is 1. The summed E-state index contributed by atoms with van der Waals surface area (Å²) < 4.78 is 21.5. The third kappa shape index (κ3) is 5.50. The fraction of sp³-hybridized carbons (Fsp3) is 0.318. The van der Waals surface area contributed by atoms with Crippen molar-refractivity contribution in [1.29, 1.82) is 0 Å². The van der Waals surface area contributed by atoms with Gasteiger partial charge < -0.3 is 24.3 Å². The quantitative estimate of drug-likeness (QED) is 0.524. The molecule has 0 bridgehead atoms. The highest BCUT2D eigenvalue weighted by Crippen LogP contribution is 2.30. The van der Waals surface area contributed by atoms with Crippen LogP contribution in [0.2, 0.25) is 0 Å². The zero-order valence-electron chi connectivity index (χ0n) is 16.6. The van der Waals surface area contributed by atoms with Gasteiger partial charge in [-0.25, -0.2) is 0 Å². The predicted molar refractivity (Wildman–Crippen MR) is 107 cm³/mol. The van der Waals surface area contributed by atoms with Crippen LogP contribution in [0, 0.1) is 0 Å². The second-order valence-corrected chi connectivity index (χ2v) is 6.41. The lowest BCUT2D eigenvalue weighted by molar-refractivity contribution is -0.141. The molecule has 1 aliphatic heterocycles. The Bertz CT molecular complexity index is 925. The summed E-state index contributed by atoms with van der Waals surface area (Å²) >= 11 is 0. The number of ether oxygens (including phenoxy) is 4. The molecule has 8 heteroatoms. The summed E-state index contributed by atoms with van der Waals surface area (Å²) in [6, 6.07) is 11.5. The summed E-state index contributed by atoms with van der Waals surface area (Å²) in [6.45, 7) is 2.47. The van der Waals surface area contributed by atoms with Crippen molar-refractivity contribution in [2.75, 3.05) is 33.0 Å². The molecule has 0 aliphatic carbocycles. The Kier molecular flexibility index (Phi) is 7.26. The van der Waals surface area contributed by atoms with Crippen molar-refractivity contribution in [2.24, 2.45) is 0 Å². The van der Waals surface area contributed by atoms with Gasteiger partial charge in [-0.15, -0.1) is 0 Å². The van der Waals surface area contributed by atoms with Crippen molar-refractivity contribution in [2.45, 2.75) is 13.3 Å². The highest BCUT2D eigenvalue weighted by Gasteiger charge is 2.17. The highest BCUT2D eigenvalue weighted by atomic mass is 16.5. The first kappa shape index (κ1) is 21.2. The van der Waals surface area contributed by atoms with Crippen LogP contribution in [-0.2, 0) is 9.53 Å². The van der Waals surface area contributed by atoms with Crippen molar-refractivity contribution in [3.05, 3.63) is 53.6 Å². The van der Waals surface area contributed by atoms with Crippen LogP contribution in [0.3, 0.4) is 0 Å². The lowest BCUT2D eigenvalue weighted by atomic mass is 10.1. The van der Waals surface area contributed by atoms with Crippen LogP contribution < -0.4 is 19.5 Å². The van der Waals surface area contributed by atoms with E-state index in [9.17, 15) is 14.4 Å². The number of amides is 1. The molecule has 0 radical (unpaired) electrons. The smallest absolute Gasteiger partial charge is 0.325 e. The van der Waals surface area contributed by atoms with E-state index in [1.165, 1.54) is 0 Å². The third-order valence-corrected chi connectivity index (χ3v) is 4.26. The number of nitrogens with one attached hydrogen (secondary N) is 1. The number of rotatable bonds is 8. The van der Waals surface area contributed by atoms with Gasteiger partial charge in [-0.05, 0) is 37.3 Å². The van der Waals surface area contributed by atoms with Crippen LogP contribution in [0.4, 0.5) is 0 Å². The van der Waals surface area contributed by atoms with E-state index in [0.29, 0.717) is 48.2 Å². The molecule has 0 saturated heterocycles. The summed E-state index contributed by atoms with van der Waals surface area (Å²) in [7, 11) is 0. The number of Topliss-reactive ketones (excluding diaryl/α,β-unsaturated/α-hetero) is 1. The second-order valence-electron chi connectivity index (χ2n) is 6.41. The number of carbonyl (C=O) groups excluding carboxylic acids is 3. The van der Waals surface area contributed by atoms with Crippen LogP contribution >= 0.6 is 0 Å². The van der Waals surface area contributed by atoms with E-state index in [0.717, 1.165) is 6.42 Å². The molecule has 2 aromatic carbocycles. The number of benzene rings is 2. The van der Waals surface area contributed by atoms with Gasteiger partial charge in [0.2, 0.25) is 0 Å². The van der Waals surface area contributed by atoms with Gasteiger partial charge in [0, 0.05) is 12.0 Å². The SMILES string of the molecule is CCOc1ccccc1C(=O)NCC(=O)OCC(=O)c1ccc2c(c1)OCCCO2. The molecule has 0 fully saturated rings. The third-order valence-electron chi connectivity index (χ3n) is 4.26. The average Bonchev–Trinajstić information content (AvgIpc) is 3.01. The van der Waals surface area contributed by atoms with Crippen molar-refractivity contribution in [3.63, 3.8) is 0 Å². The molecule has 1 N–H and O–H groups in total. The van der Waals surface area contributed by atoms with Gasteiger partial charge in [0.15, 0.2) is 23.9 Å². The number of hydrogen-bond acceptors (Lipinski definition) is 7. The second kappa shape index (κ2) is 10.3. The molecule has 158 valence electrons. The molecule has 0 spiro atoms. The maximum absolute atomic E-state index is 12.3. The van der Waals surface area contributed by atoms with Crippen molar-refractivity contribution < 1.29 is 33.3 Å². The van der Waals surface area contributed by atoms with Gasteiger partial charge in [-0.3, -0.25) is 14.4 Å². The first-order valence-electron chi connectivity index (χ1n) is 9.67. The summed E-state index contributed by atoms with van der Waals surface area (Å²) in [4.78, 5) is 36.5. The van der Waals surface area contributed by atoms with E-state index in [2.05, 4.69) is 5.32 Å². The van der Waals surface area contributed by atoms with Gasteiger partial charge in [0.1, 0.15) is 12.3 Å². The Morgan fingerprint density at radius 1 is 1.03 bits per heavy atom. The zero-order chi connectivity index (χ0) is 21.3. The van der Waals surface area contributed by atoms with Crippen LogP contribution in [-0.4, -0.2) is 50.6 Å². The molecule has 0 atom stereocenters. The lowest BCUT2D eigenvalue weighted by Crippen LogP contribution is -2.31. The highest BCUT2D eigenvalue weighted by molar-refractivity contribution is 6.00. The minimum absolute atomic E-state index is 0.315. The molecule has 0 aromatic heterocycles. The van der Waals surface area contributed by atoms with Gasteiger partial charge >= 0.3 is 5.97 Å². The Balaban J connectivity index is 1.49. The summed E-state index contributed by atoms with van der Waals surface area (Å²) in [6.07, 6.45) is 0.760. The lowest BCUT2D eigenvalue weighted by Gasteiger charge is -2.11. The molecule has 0 unspecified atom stereocenters. The van der Waals surface area contributed by atoms with Gasteiger partial charge in [-0.1, -0.05) is 12.1 Å². The topological polar surface area (TPSA) is 100 Å². The van der Waals surface area contributed by atoms with Crippen LogP contribution in [0.25, 0.3) is 0 Å². The molecular weight excluding hydrogens is 390 g/mol. The zero-order valence-corrected chi connectivity index (χ0v) is 16.6. The maximum Gasteiger partial charge on any atom is 0.325 e. The van der Waals surface area contributed by atoms with E-state index in [4.69, 9.17) is 18.9 Å². The Labute approximate surface area is 174 Å². The molecular formula is C22H23NO7. The largest absolute Gasteiger partial charge is 0.493 e. The van der Waals surface area contributed by atoms with Crippen molar-refractivity contribution in [1.82, 2.24) is 5.32 Å². The fourth-order valence-corrected chi connectivity index (χ4v) is 2.80. The molecule has 8 nitrogen and oxygen atoms in total. The van der Waals surface area contributed by atoms with E-state index in [-0.39, 0.29) is 12.3 Å². The standard InChI is InChI=1S/C22H23NO7/c1-2-27-18-7-4-3-6-16(18)22(26)23-13-21(25)30-14-17(24)15-8-9-19-20(12-15)29-11-5-10-28-19/h3-4,6-9,12H,2,5,10-11,13-14H2,1H3,(H,23,26). The number of carbonyl (C=O) groups is 3. The van der Waals surface area contributed by atoms with Crippen LogP contribution in [0.1, 0.15) is 34.1 Å². The molecule has 0 saturated carbocycles. The minimum atomic E-state index is -0.722. The van der Waals surface area contributed by atoms with Crippen LogP contribution in [0.5, 0.6) is 17.2 Å². The Hall–Kier alpha value is -3.55. The van der Waals surface area contributed by atoms with E-state index in [1.54, 1.807) is 42.5 Å². The van der Waals surface area contributed by atoms with Gasteiger partial charge in [0.05, 0.1) is 25.4 Å². The maximum atomic E-state index is 12.3. The van der Waals surface area contributed by atoms with E-state index < -0.39 is 18.5 Å².